The Balaban J connectivity index is 2.27. The van der Waals surface area contributed by atoms with Crippen LogP contribution in [-0.2, 0) is 4.79 Å². The minimum absolute atomic E-state index is 0.229. The first-order valence-corrected chi connectivity index (χ1v) is 8.65. The molecule has 2 N–H and O–H groups in total. The number of thioether (sulfide) groups is 1. The van der Waals surface area contributed by atoms with Gasteiger partial charge in [0.1, 0.15) is 5.75 Å². The molecular weight excluding hydrogens is 348 g/mol. The van der Waals surface area contributed by atoms with Gasteiger partial charge in [0.05, 0.1) is 23.4 Å². The Bertz CT molecular complexity index is 780. The van der Waals surface area contributed by atoms with E-state index in [1.54, 1.807) is 30.3 Å². The molecule has 0 aromatic heterocycles. The van der Waals surface area contributed by atoms with Gasteiger partial charge in [0.25, 0.3) is 5.91 Å². The molecule has 0 bridgehead atoms. The number of halogens is 1. The lowest BCUT2D eigenvalue weighted by molar-refractivity contribution is -0.114. The largest absolute Gasteiger partial charge is 0.495 e. The number of benzene rings is 2. The molecule has 0 atom stereocenters. The van der Waals surface area contributed by atoms with Crippen molar-refractivity contribution in [3.63, 3.8) is 0 Å². The molecular formula is C17H17ClN2O3S. The van der Waals surface area contributed by atoms with E-state index < -0.39 is 0 Å². The summed E-state index contributed by atoms with van der Waals surface area (Å²) in [4.78, 5) is 24.7. The SMILES string of the molecule is COc1ccc(NC(=O)c2cc(SC)ccc2Cl)cc1NC(C)=O. The zero-order valence-corrected chi connectivity index (χ0v) is 15.0. The van der Waals surface area contributed by atoms with Crippen LogP contribution in [0.15, 0.2) is 41.3 Å². The molecule has 0 radical (unpaired) electrons. The Hall–Kier alpha value is -2.18. The van der Waals surface area contributed by atoms with Gasteiger partial charge in [-0.2, -0.15) is 0 Å². The van der Waals surface area contributed by atoms with Gasteiger partial charge in [0.15, 0.2) is 0 Å². The second-order valence-electron chi connectivity index (χ2n) is 4.90. The van der Waals surface area contributed by atoms with Gasteiger partial charge in [-0.15, -0.1) is 11.8 Å². The number of nitrogens with one attached hydrogen (secondary N) is 2. The van der Waals surface area contributed by atoms with E-state index >= 15 is 0 Å². The highest BCUT2D eigenvalue weighted by molar-refractivity contribution is 7.98. The van der Waals surface area contributed by atoms with Crippen molar-refractivity contribution in [1.29, 1.82) is 0 Å². The van der Waals surface area contributed by atoms with Crippen LogP contribution in [0.3, 0.4) is 0 Å². The molecule has 0 aliphatic heterocycles. The third-order valence-corrected chi connectivity index (χ3v) is 4.24. The first-order valence-electron chi connectivity index (χ1n) is 7.05. The monoisotopic (exact) mass is 364 g/mol. The van der Waals surface area contributed by atoms with Crippen molar-refractivity contribution in [3.05, 3.63) is 47.0 Å². The van der Waals surface area contributed by atoms with E-state index in [1.807, 2.05) is 12.3 Å². The quantitative estimate of drug-likeness (QED) is 0.777. The van der Waals surface area contributed by atoms with Crippen molar-refractivity contribution in [3.8, 4) is 5.75 Å². The molecule has 0 spiro atoms. The highest BCUT2D eigenvalue weighted by atomic mass is 35.5. The molecule has 0 saturated heterocycles. The fourth-order valence-electron chi connectivity index (χ4n) is 2.08. The van der Waals surface area contributed by atoms with Crippen LogP contribution in [-0.4, -0.2) is 25.2 Å². The number of carbonyl (C=O) groups is 2. The van der Waals surface area contributed by atoms with Crippen molar-refractivity contribution < 1.29 is 14.3 Å². The number of hydrogen-bond donors (Lipinski definition) is 2. The van der Waals surface area contributed by atoms with Crippen molar-refractivity contribution in [2.45, 2.75) is 11.8 Å². The zero-order chi connectivity index (χ0) is 17.7. The van der Waals surface area contributed by atoms with Crippen LogP contribution in [0.1, 0.15) is 17.3 Å². The summed E-state index contributed by atoms with van der Waals surface area (Å²) in [6, 6.07) is 10.3. The van der Waals surface area contributed by atoms with Gasteiger partial charge in [-0.1, -0.05) is 11.6 Å². The standard InChI is InChI=1S/C17H17ClN2O3S/c1-10(21)19-15-8-11(4-7-16(15)23-2)20-17(22)13-9-12(24-3)5-6-14(13)18/h4-9H,1-3H3,(H,19,21)(H,20,22). The fourth-order valence-corrected chi connectivity index (χ4v) is 2.72. The van der Waals surface area contributed by atoms with Gasteiger partial charge in [-0.25, -0.2) is 0 Å². The Labute approximate surface area is 149 Å². The molecule has 0 saturated carbocycles. The number of amides is 2. The summed E-state index contributed by atoms with van der Waals surface area (Å²) in [5.74, 6) is -0.0482. The van der Waals surface area contributed by atoms with Crippen molar-refractivity contribution in [2.75, 3.05) is 24.0 Å². The minimum atomic E-state index is -0.324. The van der Waals surface area contributed by atoms with E-state index in [0.29, 0.717) is 27.7 Å². The van der Waals surface area contributed by atoms with Crippen molar-refractivity contribution in [1.82, 2.24) is 0 Å². The van der Waals surface area contributed by atoms with Crippen LogP contribution < -0.4 is 15.4 Å². The summed E-state index contributed by atoms with van der Waals surface area (Å²) in [6.07, 6.45) is 1.92. The third kappa shape index (κ3) is 4.43. The molecule has 0 aliphatic rings. The van der Waals surface area contributed by atoms with Crippen LogP contribution in [0.2, 0.25) is 5.02 Å². The molecule has 7 heteroatoms. The topological polar surface area (TPSA) is 67.4 Å². The van der Waals surface area contributed by atoms with Crippen LogP contribution in [0.5, 0.6) is 5.75 Å². The molecule has 126 valence electrons. The second kappa shape index (κ2) is 8.08. The number of ether oxygens (including phenoxy) is 1. The van der Waals surface area contributed by atoms with Crippen LogP contribution in [0.25, 0.3) is 0 Å². The number of rotatable bonds is 5. The lowest BCUT2D eigenvalue weighted by Gasteiger charge is -2.12. The molecule has 2 rings (SSSR count). The summed E-state index contributed by atoms with van der Waals surface area (Å²) >= 11 is 7.64. The maximum Gasteiger partial charge on any atom is 0.257 e. The molecule has 5 nitrogen and oxygen atoms in total. The molecule has 2 amide bonds. The number of hydrogen-bond acceptors (Lipinski definition) is 4. The minimum Gasteiger partial charge on any atom is -0.495 e. The lowest BCUT2D eigenvalue weighted by atomic mass is 10.2. The van der Waals surface area contributed by atoms with Gasteiger partial charge in [-0.05, 0) is 42.7 Å². The van der Waals surface area contributed by atoms with Crippen LogP contribution >= 0.6 is 23.4 Å². The molecule has 24 heavy (non-hydrogen) atoms. The van der Waals surface area contributed by atoms with E-state index in [2.05, 4.69) is 10.6 Å². The highest BCUT2D eigenvalue weighted by Gasteiger charge is 2.13. The summed E-state index contributed by atoms with van der Waals surface area (Å²) in [5.41, 5.74) is 1.39. The van der Waals surface area contributed by atoms with Gasteiger partial charge in [-0.3, -0.25) is 9.59 Å². The van der Waals surface area contributed by atoms with E-state index in [9.17, 15) is 9.59 Å². The number of anilines is 2. The van der Waals surface area contributed by atoms with Crippen molar-refractivity contribution >= 4 is 46.6 Å². The molecule has 2 aromatic rings. The predicted molar refractivity (Wildman–Crippen MR) is 98.5 cm³/mol. The van der Waals surface area contributed by atoms with Crippen molar-refractivity contribution in [2.24, 2.45) is 0 Å². The van der Waals surface area contributed by atoms with Crippen LogP contribution in [0.4, 0.5) is 11.4 Å². The average Bonchev–Trinajstić information content (AvgIpc) is 2.55. The molecule has 0 fully saturated rings. The first-order chi connectivity index (χ1) is 11.4. The predicted octanol–water partition coefficient (Wildman–Crippen LogP) is 4.28. The molecule has 0 heterocycles. The van der Waals surface area contributed by atoms with Gasteiger partial charge in [0, 0.05) is 17.5 Å². The van der Waals surface area contributed by atoms with Gasteiger partial charge < -0.3 is 15.4 Å². The number of methoxy groups -OCH3 is 1. The number of carbonyl (C=O) groups excluding carboxylic acids is 2. The van der Waals surface area contributed by atoms with E-state index in [4.69, 9.17) is 16.3 Å². The maximum atomic E-state index is 12.5. The Kier molecular flexibility index (Phi) is 6.11. The molecule has 0 unspecified atom stereocenters. The third-order valence-electron chi connectivity index (χ3n) is 3.19. The molecule has 0 aliphatic carbocycles. The lowest BCUT2D eigenvalue weighted by Crippen LogP contribution is -2.13. The summed E-state index contributed by atoms with van der Waals surface area (Å²) < 4.78 is 5.19. The summed E-state index contributed by atoms with van der Waals surface area (Å²) in [6.45, 7) is 1.40. The van der Waals surface area contributed by atoms with E-state index in [0.717, 1.165) is 4.90 Å². The Morgan fingerprint density at radius 1 is 1.12 bits per heavy atom. The van der Waals surface area contributed by atoms with Crippen LogP contribution in [0, 0.1) is 0 Å². The molecule has 2 aromatic carbocycles. The average molecular weight is 365 g/mol. The fraction of sp³-hybridized carbons (Fsp3) is 0.176. The van der Waals surface area contributed by atoms with Gasteiger partial charge in [0.2, 0.25) is 5.91 Å². The maximum absolute atomic E-state index is 12.5. The van der Waals surface area contributed by atoms with E-state index in [-0.39, 0.29) is 11.8 Å². The Morgan fingerprint density at radius 2 is 1.88 bits per heavy atom. The Morgan fingerprint density at radius 3 is 2.50 bits per heavy atom. The first kappa shape index (κ1) is 18.2. The smallest absolute Gasteiger partial charge is 0.257 e. The summed E-state index contributed by atoms with van der Waals surface area (Å²) in [7, 11) is 1.51. The van der Waals surface area contributed by atoms with Gasteiger partial charge >= 0.3 is 0 Å². The summed E-state index contributed by atoms with van der Waals surface area (Å²) in [5, 5.41) is 5.81. The second-order valence-corrected chi connectivity index (χ2v) is 6.18. The normalized spacial score (nSPS) is 10.2. The van der Waals surface area contributed by atoms with E-state index in [1.165, 1.54) is 25.8 Å². The highest BCUT2D eigenvalue weighted by Crippen LogP contribution is 2.29. The zero-order valence-electron chi connectivity index (χ0n) is 13.5.